The normalized spacial score (nSPS) is 10.6. The van der Waals surface area contributed by atoms with Crippen LogP contribution >= 0.6 is 0 Å². The number of anilines is 1. The van der Waals surface area contributed by atoms with Crippen LogP contribution in [0, 0.1) is 0 Å². The molecule has 1 aromatic carbocycles. The van der Waals surface area contributed by atoms with E-state index >= 15 is 0 Å². The maximum Gasteiger partial charge on any atom is 0.381 e. The van der Waals surface area contributed by atoms with Crippen molar-refractivity contribution in [2.75, 3.05) is 45.4 Å². The van der Waals surface area contributed by atoms with Crippen molar-refractivity contribution >= 4 is 11.7 Å². The SMILES string of the molecule is COCCN(CCOCc1ccccc1)c1cc(C(=O)O)oc(=O)c1OC. The van der Waals surface area contributed by atoms with Crippen LogP contribution in [0.15, 0.2) is 45.6 Å². The third-order valence-electron chi connectivity index (χ3n) is 3.83. The summed E-state index contributed by atoms with van der Waals surface area (Å²) in [7, 11) is 2.89. The lowest BCUT2D eigenvalue weighted by molar-refractivity contribution is 0.0656. The molecule has 0 spiro atoms. The molecule has 0 unspecified atom stereocenters. The van der Waals surface area contributed by atoms with Crippen molar-refractivity contribution < 1.29 is 28.5 Å². The number of aromatic carboxylic acids is 1. The Bertz CT molecular complexity index is 788. The second-order valence-electron chi connectivity index (χ2n) is 5.64. The van der Waals surface area contributed by atoms with Crippen molar-refractivity contribution in [3.05, 3.63) is 58.1 Å². The minimum absolute atomic E-state index is 0.0563. The van der Waals surface area contributed by atoms with Crippen LogP contribution in [0.25, 0.3) is 0 Å². The second-order valence-corrected chi connectivity index (χ2v) is 5.64. The van der Waals surface area contributed by atoms with Crippen molar-refractivity contribution in [1.82, 2.24) is 0 Å². The molecule has 0 aliphatic carbocycles. The number of rotatable bonds is 11. The average molecular weight is 377 g/mol. The van der Waals surface area contributed by atoms with E-state index in [0.717, 1.165) is 5.56 Å². The molecule has 0 aliphatic heterocycles. The Hall–Kier alpha value is -2.84. The van der Waals surface area contributed by atoms with E-state index in [-0.39, 0.29) is 5.75 Å². The monoisotopic (exact) mass is 377 g/mol. The molecule has 1 N–H and O–H groups in total. The highest BCUT2D eigenvalue weighted by Crippen LogP contribution is 2.25. The molecule has 1 aromatic heterocycles. The molecule has 2 aromatic rings. The van der Waals surface area contributed by atoms with Crippen molar-refractivity contribution in [1.29, 1.82) is 0 Å². The van der Waals surface area contributed by atoms with Gasteiger partial charge < -0.3 is 28.6 Å². The van der Waals surface area contributed by atoms with Gasteiger partial charge in [-0.15, -0.1) is 0 Å². The van der Waals surface area contributed by atoms with Crippen molar-refractivity contribution in [2.45, 2.75) is 6.61 Å². The van der Waals surface area contributed by atoms with Gasteiger partial charge in [-0.3, -0.25) is 0 Å². The molecular formula is C19H23NO7. The fraction of sp³-hybridized carbons (Fsp3) is 0.368. The maximum absolute atomic E-state index is 12.0. The summed E-state index contributed by atoms with van der Waals surface area (Å²) in [6, 6.07) is 11.0. The van der Waals surface area contributed by atoms with Gasteiger partial charge in [0.15, 0.2) is 0 Å². The first-order valence-corrected chi connectivity index (χ1v) is 8.37. The third kappa shape index (κ3) is 5.83. The Labute approximate surface area is 156 Å². The van der Waals surface area contributed by atoms with Gasteiger partial charge in [-0.2, -0.15) is 0 Å². The van der Waals surface area contributed by atoms with Gasteiger partial charge in [0.05, 0.1) is 32.6 Å². The molecular weight excluding hydrogens is 354 g/mol. The number of benzene rings is 1. The minimum Gasteiger partial charge on any atom is -0.488 e. The van der Waals surface area contributed by atoms with Crippen LogP contribution in [0.5, 0.6) is 5.75 Å². The number of methoxy groups -OCH3 is 2. The van der Waals surface area contributed by atoms with E-state index in [9.17, 15) is 9.59 Å². The van der Waals surface area contributed by atoms with Crippen molar-refractivity contribution in [3.63, 3.8) is 0 Å². The lowest BCUT2D eigenvalue weighted by Crippen LogP contribution is -2.32. The van der Waals surface area contributed by atoms with Gasteiger partial charge in [-0.05, 0) is 5.56 Å². The van der Waals surface area contributed by atoms with Gasteiger partial charge in [-0.25, -0.2) is 9.59 Å². The Kier molecular flexibility index (Phi) is 7.84. The number of hydrogen-bond acceptors (Lipinski definition) is 7. The zero-order valence-electron chi connectivity index (χ0n) is 15.3. The van der Waals surface area contributed by atoms with Gasteiger partial charge in [-0.1, -0.05) is 30.3 Å². The first-order valence-electron chi connectivity index (χ1n) is 8.37. The Morgan fingerprint density at radius 3 is 2.48 bits per heavy atom. The molecule has 146 valence electrons. The van der Waals surface area contributed by atoms with E-state index in [2.05, 4.69) is 0 Å². The predicted molar refractivity (Wildman–Crippen MR) is 98.7 cm³/mol. The highest BCUT2D eigenvalue weighted by Gasteiger charge is 2.21. The van der Waals surface area contributed by atoms with Crippen LogP contribution in [0.4, 0.5) is 5.69 Å². The highest BCUT2D eigenvalue weighted by atomic mass is 16.5. The van der Waals surface area contributed by atoms with Crippen LogP contribution in [0.3, 0.4) is 0 Å². The first kappa shape index (κ1) is 20.5. The van der Waals surface area contributed by atoms with Crippen LogP contribution in [-0.2, 0) is 16.1 Å². The standard InChI is InChI=1S/C19H23NO7/c1-24-10-8-20(9-11-26-13-14-6-4-3-5-7-14)15-12-16(18(21)22)27-19(23)17(15)25-2/h3-7,12H,8-11,13H2,1-2H3,(H,21,22). The van der Waals surface area contributed by atoms with E-state index in [4.69, 9.17) is 23.7 Å². The third-order valence-corrected chi connectivity index (χ3v) is 3.83. The van der Waals surface area contributed by atoms with Crippen LogP contribution in [0.1, 0.15) is 16.1 Å². The molecule has 8 heteroatoms. The number of hydrogen-bond donors (Lipinski definition) is 1. The fourth-order valence-electron chi connectivity index (χ4n) is 2.49. The Morgan fingerprint density at radius 1 is 1.15 bits per heavy atom. The molecule has 27 heavy (non-hydrogen) atoms. The molecule has 0 amide bonds. The number of carbonyl (C=O) groups is 1. The smallest absolute Gasteiger partial charge is 0.381 e. The number of ether oxygens (including phenoxy) is 3. The molecule has 1 heterocycles. The summed E-state index contributed by atoms with van der Waals surface area (Å²) in [6.45, 7) is 2.03. The average Bonchev–Trinajstić information content (AvgIpc) is 2.67. The Balaban J connectivity index is 2.14. The first-order chi connectivity index (χ1) is 13.1. The Morgan fingerprint density at radius 2 is 1.85 bits per heavy atom. The summed E-state index contributed by atoms with van der Waals surface area (Å²) >= 11 is 0. The van der Waals surface area contributed by atoms with E-state index in [0.29, 0.717) is 38.6 Å². The molecule has 0 atom stereocenters. The molecule has 0 bridgehead atoms. The van der Waals surface area contributed by atoms with Gasteiger partial charge in [0, 0.05) is 26.3 Å². The molecule has 0 aliphatic rings. The van der Waals surface area contributed by atoms with E-state index in [1.807, 2.05) is 30.3 Å². The van der Waals surface area contributed by atoms with Gasteiger partial charge in [0.25, 0.3) is 0 Å². The summed E-state index contributed by atoms with van der Waals surface area (Å²) in [5.74, 6) is -1.84. The quantitative estimate of drug-likeness (QED) is 0.594. The molecule has 8 nitrogen and oxygen atoms in total. The molecule has 0 saturated carbocycles. The van der Waals surface area contributed by atoms with Gasteiger partial charge in [0.2, 0.25) is 11.5 Å². The molecule has 0 radical (unpaired) electrons. The second kappa shape index (κ2) is 10.3. The number of nitrogens with zero attached hydrogens (tertiary/aromatic N) is 1. The number of carboxylic acid groups (broad SMARTS) is 1. The number of carboxylic acids is 1. The molecule has 0 saturated heterocycles. The fourth-order valence-corrected chi connectivity index (χ4v) is 2.49. The topological polar surface area (TPSA) is 98.4 Å². The summed E-state index contributed by atoms with van der Waals surface area (Å²) in [6.07, 6.45) is 0. The van der Waals surface area contributed by atoms with Crippen LogP contribution < -0.4 is 15.3 Å². The van der Waals surface area contributed by atoms with Crippen molar-refractivity contribution in [2.24, 2.45) is 0 Å². The van der Waals surface area contributed by atoms with Crippen LogP contribution in [-0.4, -0.2) is 51.6 Å². The molecule has 0 fully saturated rings. The summed E-state index contributed by atoms with van der Waals surface area (Å²) < 4.78 is 20.7. The maximum atomic E-state index is 12.0. The van der Waals surface area contributed by atoms with Gasteiger partial charge >= 0.3 is 11.6 Å². The van der Waals surface area contributed by atoms with Crippen molar-refractivity contribution in [3.8, 4) is 5.75 Å². The zero-order valence-corrected chi connectivity index (χ0v) is 15.3. The van der Waals surface area contributed by atoms with E-state index < -0.39 is 17.4 Å². The summed E-state index contributed by atoms with van der Waals surface area (Å²) in [4.78, 5) is 25.0. The summed E-state index contributed by atoms with van der Waals surface area (Å²) in [5, 5.41) is 9.15. The summed E-state index contributed by atoms with van der Waals surface area (Å²) in [5.41, 5.74) is 0.526. The van der Waals surface area contributed by atoms with E-state index in [1.165, 1.54) is 13.2 Å². The van der Waals surface area contributed by atoms with Crippen LogP contribution in [0.2, 0.25) is 0 Å². The molecule has 2 rings (SSSR count). The lowest BCUT2D eigenvalue weighted by Gasteiger charge is -2.25. The van der Waals surface area contributed by atoms with Gasteiger partial charge in [0.1, 0.15) is 0 Å². The largest absolute Gasteiger partial charge is 0.488 e. The van der Waals surface area contributed by atoms with E-state index in [1.54, 1.807) is 12.0 Å². The predicted octanol–water partition coefficient (Wildman–Crippen LogP) is 2.02. The zero-order chi connectivity index (χ0) is 19.6. The lowest BCUT2D eigenvalue weighted by atomic mass is 10.2. The highest BCUT2D eigenvalue weighted by molar-refractivity contribution is 5.86. The minimum atomic E-state index is -1.33.